The van der Waals surface area contributed by atoms with E-state index < -0.39 is 5.60 Å². The first-order valence-corrected chi connectivity index (χ1v) is 7.06. The number of anilines is 2. The number of rotatable bonds is 10. The first kappa shape index (κ1) is 17.6. The maximum Gasteiger partial charge on any atom is 0.158 e. The smallest absolute Gasteiger partial charge is 0.158 e. The fourth-order valence-electron chi connectivity index (χ4n) is 1.74. The minimum absolute atomic E-state index is 0.341. The summed E-state index contributed by atoms with van der Waals surface area (Å²) < 4.78 is 10.1. The van der Waals surface area contributed by atoms with E-state index in [0.29, 0.717) is 37.8 Å². The topological polar surface area (TPSA) is 88.5 Å². The van der Waals surface area contributed by atoms with Gasteiger partial charge in [-0.3, -0.25) is 0 Å². The van der Waals surface area contributed by atoms with E-state index in [2.05, 4.69) is 20.6 Å². The molecule has 0 saturated carbocycles. The molecule has 0 aromatic carbocycles. The molecular weight excluding hydrogens is 272 g/mol. The molecule has 120 valence electrons. The summed E-state index contributed by atoms with van der Waals surface area (Å²) in [5.74, 6) is 1.99. The molecule has 0 aliphatic heterocycles. The highest BCUT2D eigenvalue weighted by molar-refractivity contribution is 5.47. The van der Waals surface area contributed by atoms with Crippen molar-refractivity contribution in [2.24, 2.45) is 0 Å². The van der Waals surface area contributed by atoms with Crippen molar-refractivity contribution in [2.45, 2.75) is 32.5 Å². The third-order valence-corrected chi connectivity index (χ3v) is 2.90. The van der Waals surface area contributed by atoms with Gasteiger partial charge in [-0.25, -0.2) is 9.97 Å². The van der Waals surface area contributed by atoms with Crippen molar-refractivity contribution in [2.75, 3.05) is 44.5 Å². The standard InChI is InChI=1S/C14H26N4O3/c1-5-15-11-8-12(18-13(17-11)9-21-4)16-10-14(2,19)6-7-20-3/h8,19H,5-7,9-10H2,1-4H3,(H2,15,16,17,18). The van der Waals surface area contributed by atoms with Crippen LogP contribution in [0.3, 0.4) is 0 Å². The van der Waals surface area contributed by atoms with Crippen LogP contribution in [0.5, 0.6) is 0 Å². The molecule has 7 heteroatoms. The van der Waals surface area contributed by atoms with E-state index in [0.717, 1.165) is 12.4 Å². The Kier molecular flexibility index (Phi) is 7.35. The van der Waals surface area contributed by atoms with Crippen molar-refractivity contribution in [1.82, 2.24) is 9.97 Å². The van der Waals surface area contributed by atoms with Gasteiger partial charge in [-0.05, 0) is 13.8 Å². The highest BCUT2D eigenvalue weighted by atomic mass is 16.5. The number of nitrogens with zero attached hydrogens (tertiary/aromatic N) is 2. The maximum absolute atomic E-state index is 10.2. The molecule has 0 fully saturated rings. The lowest BCUT2D eigenvalue weighted by atomic mass is 10.0. The van der Waals surface area contributed by atoms with E-state index >= 15 is 0 Å². The predicted molar refractivity (Wildman–Crippen MR) is 82.5 cm³/mol. The summed E-state index contributed by atoms with van der Waals surface area (Å²) in [6.45, 7) is 5.77. The molecule has 0 aliphatic rings. The molecule has 1 unspecified atom stereocenters. The molecule has 0 spiro atoms. The van der Waals surface area contributed by atoms with Crippen LogP contribution in [0, 0.1) is 0 Å². The second-order valence-corrected chi connectivity index (χ2v) is 5.11. The minimum Gasteiger partial charge on any atom is -0.388 e. The highest BCUT2D eigenvalue weighted by Crippen LogP contribution is 2.15. The molecule has 0 amide bonds. The number of aromatic nitrogens is 2. The number of hydrogen-bond donors (Lipinski definition) is 3. The lowest BCUT2D eigenvalue weighted by Gasteiger charge is -2.23. The number of hydrogen-bond acceptors (Lipinski definition) is 7. The molecule has 1 atom stereocenters. The zero-order valence-corrected chi connectivity index (χ0v) is 13.3. The van der Waals surface area contributed by atoms with E-state index in [1.807, 2.05) is 13.0 Å². The van der Waals surface area contributed by atoms with Crippen molar-refractivity contribution in [3.05, 3.63) is 11.9 Å². The van der Waals surface area contributed by atoms with Crippen LogP contribution in [0.2, 0.25) is 0 Å². The largest absolute Gasteiger partial charge is 0.388 e. The van der Waals surface area contributed by atoms with Crippen LogP contribution in [0.1, 0.15) is 26.1 Å². The molecule has 3 N–H and O–H groups in total. The Labute approximate surface area is 126 Å². The van der Waals surface area contributed by atoms with Gasteiger partial charge in [0.1, 0.15) is 18.2 Å². The van der Waals surface area contributed by atoms with Crippen molar-refractivity contribution in [1.29, 1.82) is 0 Å². The summed E-state index contributed by atoms with van der Waals surface area (Å²) in [6.07, 6.45) is 0.548. The monoisotopic (exact) mass is 298 g/mol. The van der Waals surface area contributed by atoms with Crippen LogP contribution in [-0.2, 0) is 16.1 Å². The van der Waals surface area contributed by atoms with E-state index in [9.17, 15) is 5.11 Å². The summed E-state index contributed by atoms with van der Waals surface area (Å²) in [6, 6.07) is 1.81. The number of ether oxygens (including phenoxy) is 2. The van der Waals surface area contributed by atoms with Gasteiger partial charge in [-0.2, -0.15) is 0 Å². The molecule has 1 aromatic rings. The zero-order chi connectivity index (χ0) is 15.7. The van der Waals surface area contributed by atoms with Crippen molar-refractivity contribution in [3.63, 3.8) is 0 Å². The lowest BCUT2D eigenvalue weighted by Crippen LogP contribution is -2.35. The fraction of sp³-hybridized carbons (Fsp3) is 0.714. The van der Waals surface area contributed by atoms with Crippen molar-refractivity contribution >= 4 is 11.6 Å². The van der Waals surface area contributed by atoms with Gasteiger partial charge in [-0.15, -0.1) is 0 Å². The number of methoxy groups -OCH3 is 2. The van der Waals surface area contributed by atoms with Crippen LogP contribution < -0.4 is 10.6 Å². The van der Waals surface area contributed by atoms with Gasteiger partial charge in [0.25, 0.3) is 0 Å². The summed E-state index contributed by atoms with van der Waals surface area (Å²) >= 11 is 0. The molecule has 0 aliphatic carbocycles. The van der Waals surface area contributed by atoms with Gasteiger partial charge in [0, 0.05) is 46.4 Å². The Balaban J connectivity index is 2.72. The normalized spacial score (nSPS) is 13.8. The second kappa shape index (κ2) is 8.76. The van der Waals surface area contributed by atoms with Gasteiger partial charge in [0.15, 0.2) is 5.82 Å². The SMILES string of the molecule is CCNc1cc(NCC(C)(O)CCOC)nc(COC)n1. The lowest BCUT2D eigenvalue weighted by molar-refractivity contribution is 0.0357. The molecule has 7 nitrogen and oxygen atoms in total. The number of nitrogens with one attached hydrogen (secondary N) is 2. The first-order chi connectivity index (χ1) is 10.0. The van der Waals surface area contributed by atoms with Gasteiger partial charge >= 0.3 is 0 Å². The summed E-state index contributed by atoms with van der Waals surface area (Å²) in [7, 11) is 3.22. The Morgan fingerprint density at radius 3 is 2.43 bits per heavy atom. The number of aliphatic hydroxyl groups is 1. The maximum atomic E-state index is 10.2. The predicted octanol–water partition coefficient (Wildman–Crippen LogP) is 1.25. The fourth-order valence-corrected chi connectivity index (χ4v) is 1.74. The first-order valence-electron chi connectivity index (χ1n) is 7.06. The average Bonchev–Trinajstić information content (AvgIpc) is 2.44. The van der Waals surface area contributed by atoms with Gasteiger partial charge in [0.05, 0.1) is 5.60 Å². The quantitative estimate of drug-likeness (QED) is 0.599. The van der Waals surface area contributed by atoms with E-state index in [4.69, 9.17) is 9.47 Å². The summed E-state index contributed by atoms with van der Waals surface area (Å²) in [4.78, 5) is 8.70. The van der Waals surface area contributed by atoms with Crippen LogP contribution in [0.4, 0.5) is 11.6 Å². The van der Waals surface area contributed by atoms with Crippen LogP contribution in [0.25, 0.3) is 0 Å². The molecule has 0 radical (unpaired) electrons. The highest BCUT2D eigenvalue weighted by Gasteiger charge is 2.20. The van der Waals surface area contributed by atoms with Crippen LogP contribution >= 0.6 is 0 Å². The third-order valence-electron chi connectivity index (χ3n) is 2.90. The molecule has 1 aromatic heterocycles. The Hall–Kier alpha value is -1.44. The van der Waals surface area contributed by atoms with E-state index in [-0.39, 0.29) is 0 Å². The average molecular weight is 298 g/mol. The summed E-state index contributed by atoms with van der Waals surface area (Å²) in [5, 5.41) is 16.5. The minimum atomic E-state index is -0.860. The summed E-state index contributed by atoms with van der Waals surface area (Å²) in [5.41, 5.74) is -0.860. The van der Waals surface area contributed by atoms with E-state index in [1.54, 1.807) is 21.1 Å². The van der Waals surface area contributed by atoms with Crippen molar-refractivity contribution < 1.29 is 14.6 Å². The van der Waals surface area contributed by atoms with Crippen molar-refractivity contribution in [3.8, 4) is 0 Å². The molecular formula is C14H26N4O3. The van der Waals surface area contributed by atoms with Gasteiger partial charge < -0.3 is 25.2 Å². The molecule has 21 heavy (non-hydrogen) atoms. The van der Waals surface area contributed by atoms with Gasteiger partial charge in [-0.1, -0.05) is 0 Å². The van der Waals surface area contributed by atoms with Gasteiger partial charge in [0.2, 0.25) is 0 Å². The third kappa shape index (κ3) is 6.70. The van der Waals surface area contributed by atoms with Crippen LogP contribution in [0.15, 0.2) is 6.07 Å². The Bertz CT molecular complexity index is 402. The second-order valence-electron chi connectivity index (χ2n) is 5.11. The zero-order valence-electron chi connectivity index (χ0n) is 13.3. The molecule has 1 heterocycles. The molecule has 1 rings (SSSR count). The Morgan fingerprint density at radius 2 is 1.86 bits per heavy atom. The Morgan fingerprint density at radius 1 is 1.19 bits per heavy atom. The van der Waals surface area contributed by atoms with Crippen LogP contribution in [-0.4, -0.2) is 54.6 Å². The molecule has 0 bridgehead atoms. The molecule has 0 saturated heterocycles. The van der Waals surface area contributed by atoms with E-state index in [1.165, 1.54) is 0 Å².